The van der Waals surface area contributed by atoms with Gasteiger partial charge < -0.3 is 14.6 Å². The summed E-state index contributed by atoms with van der Waals surface area (Å²) >= 11 is 5.92. The van der Waals surface area contributed by atoms with Crippen LogP contribution in [0.25, 0.3) is 11.0 Å². The fraction of sp³-hybridized carbons (Fsp3) is 0.467. The van der Waals surface area contributed by atoms with Gasteiger partial charge in [0.25, 0.3) is 0 Å². The van der Waals surface area contributed by atoms with Gasteiger partial charge in [0.05, 0.1) is 18.7 Å². The van der Waals surface area contributed by atoms with E-state index in [2.05, 4.69) is 9.88 Å². The Morgan fingerprint density at radius 3 is 3.05 bits per heavy atom. The number of benzene rings is 1. The molecule has 1 unspecified atom stereocenters. The van der Waals surface area contributed by atoms with E-state index in [9.17, 15) is 4.79 Å². The Labute approximate surface area is 128 Å². The van der Waals surface area contributed by atoms with Crippen LogP contribution in [-0.2, 0) is 11.2 Å². The van der Waals surface area contributed by atoms with Gasteiger partial charge in [0.2, 0.25) is 5.91 Å². The number of alkyl halides is 1. The number of aromatic nitrogens is 2. The monoisotopic (exact) mass is 307 g/mol. The third-order valence-electron chi connectivity index (χ3n) is 3.90. The van der Waals surface area contributed by atoms with Crippen LogP contribution in [0.15, 0.2) is 18.2 Å². The van der Waals surface area contributed by atoms with Crippen LogP contribution in [0.1, 0.15) is 24.7 Å². The SMILES string of the molecule is COc1cccc2c1nc(CCCl)n2C1CCC(=O)NC1. The van der Waals surface area contributed by atoms with Gasteiger partial charge >= 0.3 is 0 Å². The van der Waals surface area contributed by atoms with Crippen molar-refractivity contribution in [1.82, 2.24) is 14.9 Å². The molecule has 2 heterocycles. The van der Waals surface area contributed by atoms with Gasteiger partial charge in [-0.05, 0) is 18.6 Å². The lowest BCUT2D eigenvalue weighted by Gasteiger charge is -2.26. The molecular formula is C15H18ClN3O2. The highest BCUT2D eigenvalue weighted by Gasteiger charge is 2.24. The first-order chi connectivity index (χ1) is 10.2. The molecule has 2 aromatic rings. The number of amides is 1. The van der Waals surface area contributed by atoms with E-state index in [1.165, 1.54) is 0 Å². The molecule has 1 fully saturated rings. The van der Waals surface area contributed by atoms with Crippen LogP contribution >= 0.6 is 11.6 Å². The lowest BCUT2D eigenvalue weighted by atomic mass is 10.1. The number of hydrogen-bond donors (Lipinski definition) is 1. The minimum atomic E-state index is 0.118. The largest absolute Gasteiger partial charge is 0.494 e. The summed E-state index contributed by atoms with van der Waals surface area (Å²) in [7, 11) is 1.65. The third-order valence-corrected chi connectivity index (χ3v) is 4.09. The molecular weight excluding hydrogens is 290 g/mol. The molecule has 6 heteroatoms. The number of ether oxygens (including phenoxy) is 1. The number of aryl methyl sites for hydroxylation is 1. The second kappa shape index (κ2) is 5.93. The zero-order valence-electron chi connectivity index (χ0n) is 11.9. The average Bonchev–Trinajstić information content (AvgIpc) is 2.86. The summed E-state index contributed by atoms with van der Waals surface area (Å²) in [4.78, 5) is 16.1. The number of carbonyl (C=O) groups excluding carboxylic acids is 1. The molecule has 1 saturated heterocycles. The molecule has 1 aliphatic rings. The molecule has 0 saturated carbocycles. The first-order valence-corrected chi connectivity index (χ1v) is 7.64. The van der Waals surface area contributed by atoms with E-state index in [0.717, 1.165) is 29.0 Å². The quantitative estimate of drug-likeness (QED) is 0.882. The standard InChI is InChI=1S/C15H18ClN3O2/c1-21-12-4-2-3-11-15(12)18-13(7-8-16)19(11)10-5-6-14(20)17-9-10/h2-4,10H,5-9H2,1H3,(H,17,20). The molecule has 1 N–H and O–H groups in total. The molecule has 0 aliphatic carbocycles. The highest BCUT2D eigenvalue weighted by Crippen LogP contribution is 2.31. The van der Waals surface area contributed by atoms with Gasteiger partial charge in [-0.3, -0.25) is 4.79 Å². The summed E-state index contributed by atoms with van der Waals surface area (Å²) in [5, 5.41) is 2.93. The van der Waals surface area contributed by atoms with Crippen LogP contribution in [0.3, 0.4) is 0 Å². The number of nitrogens with zero attached hydrogens (tertiary/aromatic N) is 2. The molecule has 0 radical (unpaired) electrons. The lowest BCUT2D eigenvalue weighted by Crippen LogP contribution is -2.36. The fourth-order valence-corrected chi connectivity index (χ4v) is 3.08. The number of carbonyl (C=O) groups is 1. The molecule has 3 rings (SSSR count). The normalized spacial score (nSPS) is 18.8. The molecule has 1 aromatic carbocycles. The Kier molecular flexibility index (Phi) is 4.01. The molecule has 0 bridgehead atoms. The highest BCUT2D eigenvalue weighted by atomic mass is 35.5. The zero-order chi connectivity index (χ0) is 14.8. The van der Waals surface area contributed by atoms with E-state index in [4.69, 9.17) is 21.3 Å². The van der Waals surface area contributed by atoms with Crippen molar-refractivity contribution in [2.45, 2.75) is 25.3 Å². The minimum absolute atomic E-state index is 0.118. The second-order valence-electron chi connectivity index (χ2n) is 5.16. The van der Waals surface area contributed by atoms with Gasteiger partial charge in [0, 0.05) is 25.3 Å². The van der Waals surface area contributed by atoms with Crippen molar-refractivity contribution >= 4 is 28.5 Å². The van der Waals surface area contributed by atoms with Gasteiger partial charge in [-0.25, -0.2) is 4.98 Å². The van der Waals surface area contributed by atoms with Gasteiger partial charge in [0.1, 0.15) is 17.1 Å². The number of hydrogen-bond acceptors (Lipinski definition) is 3. The molecule has 1 aliphatic heterocycles. The van der Waals surface area contributed by atoms with Crippen LogP contribution < -0.4 is 10.1 Å². The van der Waals surface area contributed by atoms with Crippen molar-refractivity contribution in [3.63, 3.8) is 0 Å². The third kappa shape index (κ3) is 2.58. The Bertz CT molecular complexity index is 658. The first-order valence-electron chi connectivity index (χ1n) is 7.11. The Morgan fingerprint density at radius 2 is 2.38 bits per heavy atom. The molecule has 112 valence electrons. The van der Waals surface area contributed by atoms with Crippen molar-refractivity contribution in [3.05, 3.63) is 24.0 Å². The number of nitrogens with one attached hydrogen (secondary N) is 1. The van der Waals surface area contributed by atoms with Crippen LogP contribution in [0.2, 0.25) is 0 Å². The number of methoxy groups -OCH3 is 1. The lowest BCUT2D eigenvalue weighted by molar-refractivity contribution is -0.122. The highest BCUT2D eigenvalue weighted by molar-refractivity contribution is 6.17. The van der Waals surface area contributed by atoms with Gasteiger partial charge in [-0.1, -0.05) is 6.07 Å². The van der Waals surface area contributed by atoms with Gasteiger partial charge in [-0.2, -0.15) is 0 Å². The minimum Gasteiger partial charge on any atom is -0.494 e. The van der Waals surface area contributed by atoms with Gasteiger partial charge in [0.15, 0.2) is 0 Å². The van der Waals surface area contributed by atoms with Crippen molar-refractivity contribution in [3.8, 4) is 5.75 Å². The number of fused-ring (bicyclic) bond motifs is 1. The molecule has 5 nitrogen and oxygen atoms in total. The molecule has 1 aromatic heterocycles. The van der Waals surface area contributed by atoms with Crippen molar-refractivity contribution in [2.24, 2.45) is 0 Å². The van der Waals surface area contributed by atoms with Gasteiger partial charge in [-0.15, -0.1) is 11.6 Å². The Balaban J connectivity index is 2.10. The summed E-state index contributed by atoms with van der Waals surface area (Å²) in [6.45, 7) is 0.636. The van der Waals surface area contributed by atoms with E-state index < -0.39 is 0 Å². The molecule has 0 spiro atoms. The smallest absolute Gasteiger partial charge is 0.220 e. The average molecular weight is 308 g/mol. The zero-order valence-corrected chi connectivity index (χ0v) is 12.7. The predicted octanol–water partition coefficient (Wildman–Crippen LogP) is 2.28. The van der Waals surface area contributed by atoms with E-state index >= 15 is 0 Å². The number of imidazole rings is 1. The molecule has 21 heavy (non-hydrogen) atoms. The molecule has 1 amide bonds. The van der Waals surface area contributed by atoms with Crippen LogP contribution in [0, 0.1) is 0 Å². The molecule has 1 atom stereocenters. The summed E-state index contributed by atoms with van der Waals surface area (Å²) in [6.07, 6.45) is 2.07. The summed E-state index contributed by atoms with van der Waals surface area (Å²) in [6, 6.07) is 6.13. The van der Waals surface area contributed by atoms with E-state index in [1.807, 2.05) is 18.2 Å². The Morgan fingerprint density at radius 1 is 1.52 bits per heavy atom. The maximum atomic E-state index is 11.4. The van der Waals surface area contributed by atoms with Crippen molar-refractivity contribution in [1.29, 1.82) is 0 Å². The number of piperidine rings is 1. The summed E-state index contributed by atoms with van der Waals surface area (Å²) in [5.41, 5.74) is 1.90. The maximum Gasteiger partial charge on any atom is 0.220 e. The maximum absolute atomic E-state index is 11.4. The van der Waals surface area contributed by atoms with E-state index in [-0.39, 0.29) is 11.9 Å². The van der Waals surface area contributed by atoms with E-state index in [0.29, 0.717) is 25.3 Å². The number of halogens is 1. The van der Waals surface area contributed by atoms with Crippen LogP contribution in [0.4, 0.5) is 0 Å². The van der Waals surface area contributed by atoms with Crippen LogP contribution in [-0.4, -0.2) is 35.0 Å². The summed E-state index contributed by atoms with van der Waals surface area (Å²) < 4.78 is 7.61. The first kappa shape index (κ1) is 14.2. The second-order valence-corrected chi connectivity index (χ2v) is 5.54. The van der Waals surface area contributed by atoms with Crippen LogP contribution in [0.5, 0.6) is 5.75 Å². The Hall–Kier alpha value is -1.75. The number of rotatable bonds is 4. The topological polar surface area (TPSA) is 56.2 Å². The number of para-hydroxylation sites is 1. The van der Waals surface area contributed by atoms with E-state index in [1.54, 1.807) is 7.11 Å². The van der Waals surface area contributed by atoms with Crippen molar-refractivity contribution in [2.75, 3.05) is 19.5 Å². The van der Waals surface area contributed by atoms with Crippen molar-refractivity contribution < 1.29 is 9.53 Å². The summed E-state index contributed by atoms with van der Waals surface area (Å²) in [5.74, 6) is 2.35. The predicted molar refractivity (Wildman–Crippen MR) is 82.0 cm³/mol. The fourth-order valence-electron chi connectivity index (χ4n) is 2.91.